The van der Waals surface area contributed by atoms with E-state index in [0.717, 1.165) is 6.04 Å². The average molecular weight is 283 g/mol. The summed E-state index contributed by atoms with van der Waals surface area (Å²) in [6, 6.07) is 0.728. The van der Waals surface area contributed by atoms with Crippen molar-refractivity contribution in [1.82, 2.24) is 10.2 Å². The molecule has 0 bridgehead atoms. The van der Waals surface area contributed by atoms with Crippen LogP contribution in [0.4, 0.5) is 0 Å². The molecule has 1 fully saturated rings. The first-order chi connectivity index (χ1) is 9.63. The van der Waals surface area contributed by atoms with Crippen molar-refractivity contribution in [3.63, 3.8) is 0 Å². The largest absolute Gasteiger partial charge is 0.316 e. The normalized spacial score (nSPS) is 20.9. The van der Waals surface area contributed by atoms with Crippen molar-refractivity contribution in [1.29, 1.82) is 0 Å². The Bertz CT molecular complexity index is 232. The van der Waals surface area contributed by atoms with Crippen LogP contribution in [0.1, 0.15) is 78.6 Å². The van der Waals surface area contributed by atoms with E-state index in [-0.39, 0.29) is 0 Å². The molecule has 0 saturated heterocycles. The fourth-order valence-electron chi connectivity index (χ4n) is 3.72. The SMILES string of the molecule is CCCNCC1(CN(C)C(C)CCC)CCCCCC1. The highest BCUT2D eigenvalue weighted by molar-refractivity contribution is 4.87. The Morgan fingerprint density at radius 2 is 1.70 bits per heavy atom. The summed E-state index contributed by atoms with van der Waals surface area (Å²) in [6.45, 7) is 10.6. The van der Waals surface area contributed by atoms with Crippen LogP contribution in [0, 0.1) is 5.41 Å². The van der Waals surface area contributed by atoms with E-state index in [0.29, 0.717) is 5.41 Å². The lowest BCUT2D eigenvalue weighted by Crippen LogP contribution is -2.45. The summed E-state index contributed by atoms with van der Waals surface area (Å²) in [4.78, 5) is 2.63. The molecule has 0 radical (unpaired) electrons. The zero-order valence-corrected chi connectivity index (χ0v) is 14.5. The van der Waals surface area contributed by atoms with Crippen LogP contribution in [0.25, 0.3) is 0 Å². The van der Waals surface area contributed by atoms with Crippen LogP contribution in [0.2, 0.25) is 0 Å². The van der Waals surface area contributed by atoms with Gasteiger partial charge in [0.1, 0.15) is 0 Å². The second-order valence-corrected chi connectivity index (χ2v) is 7.14. The van der Waals surface area contributed by atoms with E-state index in [2.05, 4.69) is 38.0 Å². The van der Waals surface area contributed by atoms with Gasteiger partial charge in [0, 0.05) is 19.1 Å². The molecule has 1 unspecified atom stereocenters. The summed E-state index contributed by atoms with van der Waals surface area (Å²) in [7, 11) is 2.34. The van der Waals surface area contributed by atoms with Gasteiger partial charge >= 0.3 is 0 Å². The van der Waals surface area contributed by atoms with Crippen LogP contribution in [-0.2, 0) is 0 Å². The molecule has 0 aromatic rings. The van der Waals surface area contributed by atoms with E-state index in [4.69, 9.17) is 0 Å². The number of nitrogens with one attached hydrogen (secondary N) is 1. The maximum Gasteiger partial charge on any atom is 0.00640 e. The van der Waals surface area contributed by atoms with Gasteiger partial charge in [-0.3, -0.25) is 0 Å². The third kappa shape index (κ3) is 6.13. The quantitative estimate of drug-likeness (QED) is 0.496. The molecule has 0 aliphatic heterocycles. The Morgan fingerprint density at radius 3 is 2.25 bits per heavy atom. The number of hydrogen-bond acceptors (Lipinski definition) is 2. The van der Waals surface area contributed by atoms with Gasteiger partial charge in [0.25, 0.3) is 0 Å². The third-order valence-electron chi connectivity index (χ3n) is 5.13. The topological polar surface area (TPSA) is 15.3 Å². The average Bonchev–Trinajstić information content (AvgIpc) is 2.65. The molecule has 1 aliphatic rings. The molecule has 0 aromatic carbocycles. The van der Waals surface area contributed by atoms with Gasteiger partial charge in [-0.1, -0.05) is 46.0 Å². The van der Waals surface area contributed by atoms with Crippen LogP contribution >= 0.6 is 0 Å². The van der Waals surface area contributed by atoms with E-state index in [1.165, 1.54) is 77.4 Å². The van der Waals surface area contributed by atoms with Crippen molar-refractivity contribution >= 4 is 0 Å². The van der Waals surface area contributed by atoms with Crippen LogP contribution in [0.5, 0.6) is 0 Å². The van der Waals surface area contributed by atoms with Gasteiger partial charge in [-0.25, -0.2) is 0 Å². The highest BCUT2D eigenvalue weighted by atomic mass is 15.1. The van der Waals surface area contributed by atoms with Crippen molar-refractivity contribution in [3.05, 3.63) is 0 Å². The molecule has 1 rings (SSSR count). The first kappa shape index (κ1) is 18.0. The van der Waals surface area contributed by atoms with Crippen molar-refractivity contribution in [2.24, 2.45) is 5.41 Å². The number of rotatable bonds is 9. The molecule has 2 heteroatoms. The molecular formula is C18H38N2. The van der Waals surface area contributed by atoms with Gasteiger partial charge in [-0.05, 0) is 51.6 Å². The Morgan fingerprint density at radius 1 is 1.05 bits per heavy atom. The van der Waals surface area contributed by atoms with Crippen molar-refractivity contribution in [2.45, 2.75) is 84.6 Å². The minimum atomic E-state index is 0.530. The second-order valence-electron chi connectivity index (χ2n) is 7.14. The van der Waals surface area contributed by atoms with E-state index in [9.17, 15) is 0 Å². The van der Waals surface area contributed by atoms with Crippen molar-refractivity contribution in [3.8, 4) is 0 Å². The Balaban J connectivity index is 2.60. The molecule has 120 valence electrons. The Kier molecular flexibility index (Phi) is 8.79. The molecule has 0 spiro atoms. The minimum absolute atomic E-state index is 0.530. The summed E-state index contributed by atoms with van der Waals surface area (Å²) in [5.41, 5.74) is 0.530. The second kappa shape index (κ2) is 9.78. The van der Waals surface area contributed by atoms with Gasteiger partial charge in [0.05, 0.1) is 0 Å². The third-order valence-corrected chi connectivity index (χ3v) is 5.13. The molecule has 0 amide bonds. The fourth-order valence-corrected chi connectivity index (χ4v) is 3.72. The summed E-state index contributed by atoms with van der Waals surface area (Å²) < 4.78 is 0. The Hall–Kier alpha value is -0.0800. The predicted octanol–water partition coefficient (Wildman–Crippen LogP) is 4.45. The van der Waals surface area contributed by atoms with Gasteiger partial charge in [-0.15, -0.1) is 0 Å². The molecule has 1 aliphatic carbocycles. The van der Waals surface area contributed by atoms with Gasteiger partial charge in [0.15, 0.2) is 0 Å². The first-order valence-electron chi connectivity index (χ1n) is 9.04. The molecule has 1 atom stereocenters. The highest BCUT2D eigenvalue weighted by Crippen LogP contribution is 2.35. The van der Waals surface area contributed by atoms with E-state index >= 15 is 0 Å². The fraction of sp³-hybridized carbons (Fsp3) is 1.00. The molecular weight excluding hydrogens is 244 g/mol. The smallest absolute Gasteiger partial charge is 0.00640 e. The number of nitrogens with zero attached hydrogens (tertiary/aromatic N) is 1. The molecule has 20 heavy (non-hydrogen) atoms. The van der Waals surface area contributed by atoms with E-state index in [1.54, 1.807) is 0 Å². The summed E-state index contributed by atoms with van der Waals surface area (Å²) in [6.07, 6.45) is 12.5. The van der Waals surface area contributed by atoms with Crippen LogP contribution in [0.15, 0.2) is 0 Å². The lowest BCUT2D eigenvalue weighted by atomic mass is 9.79. The highest BCUT2D eigenvalue weighted by Gasteiger charge is 2.32. The van der Waals surface area contributed by atoms with E-state index in [1.807, 2.05) is 0 Å². The van der Waals surface area contributed by atoms with Gasteiger partial charge in [0.2, 0.25) is 0 Å². The van der Waals surface area contributed by atoms with E-state index < -0.39 is 0 Å². The van der Waals surface area contributed by atoms with Crippen LogP contribution in [0.3, 0.4) is 0 Å². The maximum absolute atomic E-state index is 3.72. The molecule has 1 saturated carbocycles. The first-order valence-corrected chi connectivity index (χ1v) is 9.04. The van der Waals surface area contributed by atoms with Gasteiger partial charge in [-0.2, -0.15) is 0 Å². The van der Waals surface area contributed by atoms with Crippen molar-refractivity contribution in [2.75, 3.05) is 26.7 Å². The van der Waals surface area contributed by atoms with Crippen LogP contribution in [-0.4, -0.2) is 37.6 Å². The molecule has 2 nitrogen and oxygen atoms in total. The van der Waals surface area contributed by atoms with Crippen LogP contribution < -0.4 is 5.32 Å². The van der Waals surface area contributed by atoms with Gasteiger partial charge < -0.3 is 10.2 Å². The maximum atomic E-state index is 3.72. The predicted molar refractivity (Wildman–Crippen MR) is 90.3 cm³/mol. The standard InChI is InChI=1S/C18H38N2/c1-5-11-17(3)20(4)16-18(15-19-14-6-2)12-9-7-8-10-13-18/h17,19H,5-16H2,1-4H3. The zero-order chi connectivity index (χ0) is 14.8. The molecule has 1 N–H and O–H groups in total. The summed E-state index contributed by atoms with van der Waals surface area (Å²) in [5, 5.41) is 3.72. The monoisotopic (exact) mass is 282 g/mol. The summed E-state index contributed by atoms with van der Waals surface area (Å²) >= 11 is 0. The summed E-state index contributed by atoms with van der Waals surface area (Å²) in [5.74, 6) is 0. The Labute approximate surface area is 127 Å². The minimum Gasteiger partial charge on any atom is -0.316 e. The number of hydrogen-bond donors (Lipinski definition) is 1. The lowest BCUT2D eigenvalue weighted by molar-refractivity contribution is 0.116. The molecule has 0 heterocycles. The van der Waals surface area contributed by atoms with Crippen molar-refractivity contribution < 1.29 is 0 Å². The molecule has 0 aromatic heterocycles. The zero-order valence-electron chi connectivity index (χ0n) is 14.5. The lowest BCUT2D eigenvalue weighted by Gasteiger charge is -2.39.